The molecule has 1 saturated heterocycles. The average molecular weight is 380 g/mol. The molecular weight excluding hydrogens is 366 g/mol. The van der Waals surface area contributed by atoms with Gasteiger partial charge < -0.3 is 16.2 Å². The van der Waals surface area contributed by atoms with Crippen molar-refractivity contribution in [1.82, 2.24) is 0 Å². The van der Waals surface area contributed by atoms with Gasteiger partial charge in [-0.15, -0.1) is 0 Å². The van der Waals surface area contributed by atoms with E-state index < -0.39 is 67.8 Å². The molecule has 1 aliphatic rings. The SMILES string of the molecule is NC(C(F)(F)F)C(F)(F)C1CCCC(C(F)(F)C(N)C(F)(F)F)O1. The molecule has 13 heteroatoms. The smallest absolute Gasteiger partial charge is 0.362 e. The van der Waals surface area contributed by atoms with E-state index in [1.165, 1.54) is 0 Å². The Morgan fingerprint density at radius 2 is 0.958 bits per heavy atom. The third-order valence-corrected chi connectivity index (χ3v) is 3.65. The van der Waals surface area contributed by atoms with Crippen LogP contribution in [0.2, 0.25) is 0 Å². The van der Waals surface area contributed by atoms with Crippen LogP contribution in [0, 0.1) is 0 Å². The molecule has 1 fully saturated rings. The Balaban J connectivity index is 2.98. The predicted molar refractivity (Wildman–Crippen MR) is 60.5 cm³/mol. The van der Waals surface area contributed by atoms with Gasteiger partial charge in [-0.05, 0) is 19.3 Å². The van der Waals surface area contributed by atoms with Crippen molar-refractivity contribution in [2.24, 2.45) is 11.5 Å². The highest BCUT2D eigenvalue weighted by atomic mass is 19.4. The molecule has 0 spiro atoms. The minimum atomic E-state index is -5.55. The Labute approximate surface area is 129 Å². The minimum absolute atomic E-state index is 0.504. The number of rotatable bonds is 4. The highest BCUT2D eigenvalue weighted by Crippen LogP contribution is 2.43. The first-order valence-corrected chi connectivity index (χ1v) is 6.58. The average Bonchev–Trinajstić information content (AvgIpc) is 2.43. The molecular formula is C11H14F10N2O. The zero-order valence-corrected chi connectivity index (χ0v) is 11.8. The van der Waals surface area contributed by atoms with Gasteiger partial charge in [0.1, 0.15) is 12.2 Å². The summed E-state index contributed by atoms with van der Waals surface area (Å²) in [6.07, 6.45) is -18.6. The number of alkyl halides is 10. The van der Waals surface area contributed by atoms with Gasteiger partial charge in [-0.2, -0.15) is 26.3 Å². The van der Waals surface area contributed by atoms with Crippen molar-refractivity contribution in [2.45, 2.75) is 67.8 Å². The van der Waals surface area contributed by atoms with Gasteiger partial charge in [-0.3, -0.25) is 0 Å². The zero-order valence-electron chi connectivity index (χ0n) is 11.8. The number of nitrogens with two attached hydrogens (primary N) is 2. The fourth-order valence-electron chi connectivity index (χ4n) is 2.23. The van der Waals surface area contributed by atoms with Gasteiger partial charge in [0, 0.05) is 0 Å². The molecule has 0 saturated carbocycles. The highest BCUT2D eigenvalue weighted by Gasteiger charge is 2.63. The van der Waals surface area contributed by atoms with Crippen LogP contribution in [0.15, 0.2) is 0 Å². The molecule has 1 rings (SSSR count). The summed E-state index contributed by atoms with van der Waals surface area (Å²) in [7, 11) is 0. The van der Waals surface area contributed by atoms with Crippen molar-refractivity contribution in [3.8, 4) is 0 Å². The van der Waals surface area contributed by atoms with Gasteiger partial charge in [0.2, 0.25) is 0 Å². The summed E-state index contributed by atoms with van der Waals surface area (Å²) in [5.41, 5.74) is 8.79. The number of hydrogen-bond donors (Lipinski definition) is 2. The summed E-state index contributed by atoms with van der Waals surface area (Å²) in [5.74, 6) is -9.59. The van der Waals surface area contributed by atoms with Crippen molar-refractivity contribution in [3.63, 3.8) is 0 Å². The molecule has 1 heterocycles. The van der Waals surface area contributed by atoms with Gasteiger partial charge in [-0.1, -0.05) is 0 Å². The maximum Gasteiger partial charge on any atom is 0.409 e. The molecule has 0 aliphatic carbocycles. The molecule has 3 nitrogen and oxygen atoms in total. The second kappa shape index (κ2) is 6.48. The van der Waals surface area contributed by atoms with Crippen molar-refractivity contribution in [2.75, 3.05) is 0 Å². The highest BCUT2D eigenvalue weighted by molar-refractivity contribution is 4.99. The predicted octanol–water partition coefficient (Wildman–Crippen LogP) is 2.97. The van der Waals surface area contributed by atoms with Crippen LogP contribution >= 0.6 is 0 Å². The second-order valence-corrected chi connectivity index (χ2v) is 5.43. The van der Waals surface area contributed by atoms with Gasteiger partial charge in [0.05, 0.1) is 0 Å². The van der Waals surface area contributed by atoms with Crippen molar-refractivity contribution in [3.05, 3.63) is 0 Å². The summed E-state index contributed by atoms with van der Waals surface area (Å²) < 4.78 is 133. The van der Waals surface area contributed by atoms with Crippen LogP contribution in [-0.2, 0) is 4.74 Å². The minimum Gasteiger partial charge on any atom is -0.362 e. The Kier molecular flexibility index (Phi) is 5.73. The van der Waals surface area contributed by atoms with E-state index in [0.29, 0.717) is 0 Å². The van der Waals surface area contributed by atoms with Crippen molar-refractivity contribution in [1.29, 1.82) is 0 Å². The third kappa shape index (κ3) is 4.23. The Hall–Kier alpha value is -0.820. The van der Waals surface area contributed by atoms with Crippen LogP contribution in [0.25, 0.3) is 0 Å². The van der Waals surface area contributed by atoms with Crippen LogP contribution in [0.5, 0.6) is 0 Å². The van der Waals surface area contributed by atoms with E-state index in [2.05, 4.69) is 16.2 Å². The Morgan fingerprint density at radius 3 is 1.21 bits per heavy atom. The lowest BCUT2D eigenvalue weighted by atomic mass is 9.91. The molecule has 4 unspecified atom stereocenters. The normalized spacial score (nSPS) is 27.0. The molecule has 0 bridgehead atoms. The summed E-state index contributed by atoms with van der Waals surface area (Å²) in [5, 5.41) is 0. The Morgan fingerprint density at radius 1 is 0.667 bits per heavy atom. The van der Waals surface area contributed by atoms with E-state index in [-0.39, 0.29) is 0 Å². The molecule has 0 aromatic carbocycles. The third-order valence-electron chi connectivity index (χ3n) is 3.65. The lowest BCUT2D eigenvalue weighted by Gasteiger charge is -2.41. The molecule has 0 amide bonds. The van der Waals surface area contributed by atoms with Crippen molar-refractivity contribution < 1.29 is 48.6 Å². The van der Waals surface area contributed by atoms with Gasteiger partial charge in [-0.25, -0.2) is 17.6 Å². The summed E-state index contributed by atoms with van der Waals surface area (Å²) in [6.45, 7) is 0. The monoisotopic (exact) mass is 380 g/mol. The summed E-state index contributed by atoms with van der Waals surface area (Å²) in [4.78, 5) is 0. The lowest BCUT2D eigenvalue weighted by molar-refractivity contribution is -0.288. The van der Waals surface area contributed by atoms with Gasteiger partial charge in [0.15, 0.2) is 12.1 Å². The maximum absolute atomic E-state index is 13.7. The molecule has 0 aromatic rings. The molecule has 0 radical (unpaired) electrons. The fourth-order valence-corrected chi connectivity index (χ4v) is 2.23. The molecule has 4 atom stereocenters. The molecule has 1 aliphatic heterocycles. The first kappa shape index (κ1) is 21.2. The van der Waals surface area contributed by atoms with Crippen LogP contribution in [0.1, 0.15) is 19.3 Å². The summed E-state index contributed by atoms with van der Waals surface area (Å²) in [6, 6.07) is -7.42. The van der Waals surface area contributed by atoms with Crippen LogP contribution in [0.3, 0.4) is 0 Å². The fraction of sp³-hybridized carbons (Fsp3) is 1.00. The van der Waals surface area contributed by atoms with E-state index in [1.54, 1.807) is 0 Å². The van der Waals surface area contributed by atoms with Crippen LogP contribution < -0.4 is 11.5 Å². The van der Waals surface area contributed by atoms with Crippen molar-refractivity contribution >= 4 is 0 Å². The van der Waals surface area contributed by atoms with Crippen LogP contribution in [-0.4, -0.2) is 48.5 Å². The number of ether oxygens (including phenoxy) is 1. The second-order valence-electron chi connectivity index (χ2n) is 5.43. The Bertz CT molecular complexity index is 398. The van der Waals surface area contributed by atoms with E-state index in [1.807, 2.05) is 0 Å². The van der Waals surface area contributed by atoms with E-state index in [4.69, 9.17) is 0 Å². The first-order chi connectivity index (χ1) is 10.5. The molecule has 144 valence electrons. The summed E-state index contributed by atoms with van der Waals surface area (Å²) >= 11 is 0. The quantitative estimate of drug-likeness (QED) is 0.738. The van der Waals surface area contributed by atoms with Gasteiger partial charge in [0.25, 0.3) is 11.8 Å². The van der Waals surface area contributed by atoms with E-state index in [9.17, 15) is 43.9 Å². The standard InChI is InChI=1S/C11H14F10N2O/c12-8(13,6(22)10(16,17)18)4-2-1-3-5(24-4)9(14,15)7(23)11(19,20)21/h4-7H,1-3,22-23H2. The lowest BCUT2D eigenvalue weighted by Crippen LogP contribution is -2.63. The molecule has 4 N–H and O–H groups in total. The largest absolute Gasteiger partial charge is 0.409 e. The topological polar surface area (TPSA) is 61.3 Å². The first-order valence-electron chi connectivity index (χ1n) is 6.58. The van der Waals surface area contributed by atoms with E-state index in [0.717, 1.165) is 0 Å². The molecule has 24 heavy (non-hydrogen) atoms. The zero-order chi connectivity index (χ0) is 19.1. The van der Waals surface area contributed by atoms with E-state index >= 15 is 0 Å². The number of hydrogen-bond acceptors (Lipinski definition) is 3. The molecule has 0 aromatic heterocycles. The van der Waals surface area contributed by atoms with Crippen LogP contribution in [0.4, 0.5) is 43.9 Å². The van der Waals surface area contributed by atoms with Gasteiger partial charge >= 0.3 is 12.4 Å². The number of halogens is 10. The maximum atomic E-state index is 13.7.